The number of ether oxygens (including phenoxy) is 2. The molecule has 26 heavy (non-hydrogen) atoms. The first-order valence-corrected chi connectivity index (χ1v) is 8.69. The fraction of sp³-hybridized carbons (Fsp3) is 0.474. The van der Waals surface area contributed by atoms with E-state index in [1.54, 1.807) is 30.2 Å². The van der Waals surface area contributed by atoms with Crippen molar-refractivity contribution in [2.45, 2.75) is 39.4 Å². The van der Waals surface area contributed by atoms with Gasteiger partial charge in [-0.15, -0.1) is 0 Å². The first-order valence-electron chi connectivity index (χ1n) is 8.69. The lowest BCUT2D eigenvalue weighted by Crippen LogP contribution is -2.40. The molecule has 1 N–H and O–H groups in total. The van der Waals surface area contributed by atoms with Crippen LogP contribution in [0.1, 0.15) is 40.2 Å². The summed E-state index contributed by atoms with van der Waals surface area (Å²) < 4.78 is 16.4. The minimum atomic E-state index is -0.311. The fourth-order valence-corrected chi connectivity index (χ4v) is 3.03. The lowest BCUT2D eigenvalue weighted by Gasteiger charge is -2.29. The Morgan fingerprint density at radius 3 is 2.65 bits per heavy atom. The van der Waals surface area contributed by atoms with Crippen LogP contribution >= 0.6 is 0 Å². The van der Waals surface area contributed by atoms with Gasteiger partial charge < -0.3 is 24.0 Å². The van der Waals surface area contributed by atoms with E-state index >= 15 is 0 Å². The first-order chi connectivity index (χ1) is 12.5. The zero-order valence-electron chi connectivity index (χ0n) is 15.3. The van der Waals surface area contributed by atoms with Crippen molar-refractivity contribution in [2.75, 3.05) is 20.2 Å². The van der Waals surface area contributed by atoms with Gasteiger partial charge in [0.1, 0.15) is 12.4 Å². The lowest BCUT2D eigenvalue weighted by molar-refractivity contribution is 0.0546. The van der Waals surface area contributed by atoms with Crippen molar-refractivity contribution in [1.29, 1.82) is 0 Å². The van der Waals surface area contributed by atoms with Crippen molar-refractivity contribution in [3.8, 4) is 11.5 Å². The maximum atomic E-state index is 12.6. The Bertz CT molecular complexity index is 759. The van der Waals surface area contributed by atoms with Crippen molar-refractivity contribution in [1.82, 2.24) is 10.1 Å². The van der Waals surface area contributed by atoms with Gasteiger partial charge in [-0.1, -0.05) is 5.16 Å². The van der Waals surface area contributed by atoms with Crippen LogP contribution in [0.15, 0.2) is 22.7 Å². The zero-order chi connectivity index (χ0) is 18.7. The molecule has 3 rings (SSSR count). The number of rotatable bonds is 5. The quantitative estimate of drug-likeness (QED) is 0.882. The number of amides is 1. The molecule has 7 heteroatoms. The van der Waals surface area contributed by atoms with E-state index in [-0.39, 0.29) is 12.0 Å². The summed E-state index contributed by atoms with van der Waals surface area (Å²) in [7, 11) is 1.55. The molecule has 7 nitrogen and oxygen atoms in total. The van der Waals surface area contributed by atoms with E-state index in [2.05, 4.69) is 5.16 Å². The Kier molecular flexibility index (Phi) is 5.46. The summed E-state index contributed by atoms with van der Waals surface area (Å²) >= 11 is 0. The van der Waals surface area contributed by atoms with Crippen molar-refractivity contribution >= 4 is 5.91 Å². The Morgan fingerprint density at radius 2 is 2.04 bits per heavy atom. The van der Waals surface area contributed by atoms with E-state index in [9.17, 15) is 9.90 Å². The van der Waals surface area contributed by atoms with E-state index in [0.29, 0.717) is 49.6 Å². The number of methoxy groups -OCH3 is 1. The SMILES string of the molecule is COc1cc(C(=O)N2CCC(O)CC2)ccc1OCc1c(C)noc1C. The smallest absolute Gasteiger partial charge is 0.253 e. The molecule has 1 aromatic heterocycles. The predicted molar refractivity (Wildman–Crippen MR) is 94.4 cm³/mol. The normalized spacial score (nSPS) is 15.2. The summed E-state index contributed by atoms with van der Waals surface area (Å²) in [5.74, 6) is 1.71. The second kappa shape index (κ2) is 7.78. The highest BCUT2D eigenvalue weighted by Crippen LogP contribution is 2.30. The van der Waals surface area contributed by atoms with Crippen molar-refractivity contribution in [3.05, 3.63) is 40.8 Å². The number of aliphatic hydroxyl groups is 1. The Morgan fingerprint density at radius 1 is 1.31 bits per heavy atom. The third-order valence-electron chi connectivity index (χ3n) is 4.72. The maximum Gasteiger partial charge on any atom is 0.253 e. The van der Waals surface area contributed by atoms with Gasteiger partial charge >= 0.3 is 0 Å². The van der Waals surface area contributed by atoms with Crippen LogP contribution in [0.4, 0.5) is 0 Å². The van der Waals surface area contributed by atoms with Crippen molar-refractivity contribution < 1.29 is 23.9 Å². The molecule has 1 aliphatic rings. The molecule has 1 aliphatic heterocycles. The number of aryl methyl sites for hydroxylation is 2. The number of likely N-dealkylation sites (tertiary alicyclic amines) is 1. The van der Waals surface area contributed by atoms with E-state index in [1.807, 2.05) is 13.8 Å². The van der Waals surface area contributed by atoms with Crippen LogP contribution in [0.25, 0.3) is 0 Å². The molecule has 1 fully saturated rings. The number of carbonyl (C=O) groups excluding carboxylic acids is 1. The minimum absolute atomic E-state index is 0.0625. The molecule has 0 unspecified atom stereocenters. The molecule has 2 heterocycles. The highest BCUT2D eigenvalue weighted by Gasteiger charge is 2.23. The molecule has 0 atom stereocenters. The second-order valence-corrected chi connectivity index (χ2v) is 6.48. The standard InChI is InChI=1S/C19H24N2O5/c1-12-16(13(2)26-20-12)11-25-17-5-4-14(10-18(17)24-3)19(23)21-8-6-15(22)7-9-21/h4-5,10,15,22H,6-9,11H2,1-3H3. The average Bonchev–Trinajstić information content (AvgIpc) is 2.98. The van der Waals surface area contributed by atoms with Gasteiger partial charge in [0, 0.05) is 18.7 Å². The van der Waals surface area contributed by atoms with Crippen LogP contribution in [0.5, 0.6) is 11.5 Å². The number of benzene rings is 1. The second-order valence-electron chi connectivity index (χ2n) is 6.48. The van der Waals surface area contributed by atoms with Crippen LogP contribution < -0.4 is 9.47 Å². The molecule has 1 amide bonds. The molecule has 0 saturated carbocycles. The summed E-state index contributed by atoms with van der Waals surface area (Å²) in [5.41, 5.74) is 2.24. The number of nitrogens with zero attached hydrogens (tertiary/aromatic N) is 2. The molecular weight excluding hydrogens is 336 g/mol. The Labute approximate surface area is 152 Å². The number of aromatic nitrogens is 1. The van der Waals surface area contributed by atoms with E-state index < -0.39 is 0 Å². The van der Waals surface area contributed by atoms with Gasteiger partial charge in [0.05, 0.1) is 24.5 Å². The summed E-state index contributed by atoms with van der Waals surface area (Å²) in [6, 6.07) is 5.16. The third-order valence-corrected chi connectivity index (χ3v) is 4.72. The largest absolute Gasteiger partial charge is 0.493 e. The van der Waals surface area contributed by atoms with Gasteiger partial charge in [-0.2, -0.15) is 0 Å². The zero-order valence-corrected chi connectivity index (χ0v) is 15.3. The highest BCUT2D eigenvalue weighted by atomic mass is 16.5. The molecule has 0 bridgehead atoms. The van der Waals surface area contributed by atoms with Gasteiger partial charge in [0.2, 0.25) is 0 Å². The molecule has 0 aliphatic carbocycles. The Hall–Kier alpha value is -2.54. The Balaban J connectivity index is 1.72. The molecule has 0 spiro atoms. The van der Waals surface area contributed by atoms with Gasteiger partial charge in [-0.05, 0) is 44.9 Å². The third kappa shape index (κ3) is 3.83. The van der Waals surface area contributed by atoms with E-state index in [1.165, 1.54) is 0 Å². The average molecular weight is 360 g/mol. The maximum absolute atomic E-state index is 12.6. The molecule has 1 saturated heterocycles. The number of carbonyl (C=O) groups is 1. The number of hydrogen-bond donors (Lipinski definition) is 1. The first kappa shape index (κ1) is 18.3. The summed E-state index contributed by atoms with van der Waals surface area (Å²) in [6.45, 7) is 5.14. The summed E-state index contributed by atoms with van der Waals surface area (Å²) in [6.07, 6.45) is 0.914. The van der Waals surface area contributed by atoms with E-state index in [0.717, 1.165) is 17.0 Å². The van der Waals surface area contributed by atoms with Crippen LogP contribution in [0.3, 0.4) is 0 Å². The topological polar surface area (TPSA) is 85.0 Å². The molecular formula is C19H24N2O5. The van der Waals surface area contributed by atoms with E-state index in [4.69, 9.17) is 14.0 Å². The van der Waals surface area contributed by atoms with Gasteiger partial charge in [0.25, 0.3) is 5.91 Å². The number of aliphatic hydroxyl groups excluding tert-OH is 1. The summed E-state index contributed by atoms with van der Waals surface area (Å²) in [4.78, 5) is 14.4. The van der Waals surface area contributed by atoms with Crippen molar-refractivity contribution in [3.63, 3.8) is 0 Å². The van der Waals surface area contributed by atoms with Crippen LogP contribution in [-0.2, 0) is 6.61 Å². The fourth-order valence-electron chi connectivity index (χ4n) is 3.03. The van der Waals surface area contributed by atoms with Gasteiger partial charge in [0.15, 0.2) is 11.5 Å². The lowest BCUT2D eigenvalue weighted by atomic mass is 10.1. The van der Waals surface area contributed by atoms with Crippen LogP contribution in [-0.4, -0.2) is 47.4 Å². The van der Waals surface area contributed by atoms with Gasteiger partial charge in [-0.25, -0.2) is 0 Å². The molecule has 0 radical (unpaired) electrons. The van der Waals surface area contributed by atoms with Gasteiger partial charge in [-0.3, -0.25) is 4.79 Å². The predicted octanol–water partition coefficient (Wildman–Crippen LogP) is 2.48. The summed E-state index contributed by atoms with van der Waals surface area (Å²) in [5, 5.41) is 13.5. The van der Waals surface area contributed by atoms with Crippen LogP contribution in [0, 0.1) is 13.8 Å². The number of piperidine rings is 1. The minimum Gasteiger partial charge on any atom is -0.493 e. The van der Waals surface area contributed by atoms with Crippen molar-refractivity contribution in [2.24, 2.45) is 0 Å². The number of hydrogen-bond acceptors (Lipinski definition) is 6. The molecule has 2 aromatic rings. The van der Waals surface area contributed by atoms with Crippen LogP contribution in [0.2, 0.25) is 0 Å². The molecule has 1 aromatic carbocycles. The monoisotopic (exact) mass is 360 g/mol. The highest BCUT2D eigenvalue weighted by molar-refractivity contribution is 5.95. The molecule has 140 valence electrons.